The van der Waals surface area contributed by atoms with Crippen molar-refractivity contribution in [2.75, 3.05) is 13.2 Å². The van der Waals surface area contributed by atoms with Gasteiger partial charge in [-0.05, 0) is 118 Å². The number of allylic oxidation sites excluding steroid dienone is 4. The monoisotopic (exact) mass is 683 g/mol. The average molecular weight is 683 g/mol. The maximum atomic E-state index is 10.7. The van der Waals surface area contributed by atoms with Crippen molar-refractivity contribution in [1.82, 2.24) is 0 Å². The molecule has 0 aromatic rings. The molecule has 0 saturated heterocycles. The van der Waals surface area contributed by atoms with Gasteiger partial charge in [-0.2, -0.15) is 0 Å². The summed E-state index contributed by atoms with van der Waals surface area (Å²) in [5.41, 5.74) is 1.15. The maximum absolute atomic E-state index is 10.7. The van der Waals surface area contributed by atoms with Crippen LogP contribution in [0.15, 0.2) is 50.1 Å². The molecule has 4 nitrogen and oxygen atoms in total. The fraction of sp³-hybridized carbons (Fsp3) is 0.778. The Balaban J connectivity index is 0.000000354. The van der Waals surface area contributed by atoms with Gasteiger partial charge in [0, 0.05) is 13.8 Å². The molecule has 0 radical (unpaired) electrons. The summed E-state index contributed by atoms with van der Waals surface area (Å²) in [6.45, 7) is 25.7. The Hall–Kier alpha value is -2.10. The van der Waals surface area contributed by atoms with Crippen LogP contribution < -0.4 is 0 Å². The molecular weight excluding hydrogens is 604 g/mol. The van der Waals surface area contributed by atoms with Crippen molar-refractivity contribution in [2.24, 2.45) is 47.3 Å². The van der Waals surface area contributed by atoms with E-state index >= 15 is 0 Å². The van der Waals surface area contributed by atoms with Gasteiger partial charge in [0.15, 0.2) is 0 Å². The number of carbonyl (C=O) groups is 2. The van der Waals surface area contributed by atoms with E-state index in [1.165, 1.54) is 123 Å². The van der Waals surface area contributed by atoms with Gasteiger partial charge in [-0.1, -0.05) is 115 Å². The summed E-state index contributed by atoms with van der Waals surface area (Å²) in [7, 11) is 0. The van der Waals surface area contributed by atoms with E-state index in [0.29, 0.717) is 25.0 Å². The van der Waals surface area contributed by atoms with Crippen molar-refractivity contribution in [3.63, 3.8) is 0 Å². The molecule has 0 heterocycles. The molecule has 0 N–H and O–H groups in total. The highest BCUT2D eigenvalue weighted by molar-refractivity contribution is 5.66. The fourth-order valence-electron chi connectivity index (χ4n) is 8.12. The van der Waals surface area contributed by atoms with Gasteiger partial charge in [-0.15, -0.1) is 13.2 Å². The van der Waals surface area contributed by atoms with E-state index in [4.69, 9.17) is 9.47 Å². The molecule has 0 bridgehead atoms. The van der Waals surface area contributed by atoms with E-state index < -0.39 is 0 Å². The molecule has 0 aliphatic heterocycles. The van der Waals surface area contributed by atoms with E-state index in [0.717, 1.165) is 53.9 Å². The third-order valence-electron chi connectivity index (χ3n) is 11.6. The molecule has 4 heteroatoms. The largest absolute Gasteiger partial charge is 0.466 e. The van der Waals surface area contributed by atoms with Crippen LogP contribution in [0.1, 0.15) is 163 Å². The lowest BCUT2D eigenvalue weighted by atomic mass is 9.74. The molecule has 282 valence electrons. The Bertz CT molecular complexity index is 884. The fourth-order valence-corrected chi connectivity index (χ4v) is 8.12. The first kappa shape index (κ1) is 44.9. The predicted octanol–water partition coefficient (Wildman–Crippen LogP) is 13.0. The second-order valence-electron chi connectivity index (χ2n) is 16.2. The first-order valence-electron chi connectivity index (χ1n) is 20.2. The molecule has 0 amide bonds. The van der Waals surface area contributed by atoms with Gasteiger partial charge in [0.05, 0.1) is 13.2 Å². The molecule has 49 heavy (non-hydrogen) atoms. The summed E-state index contributed by atoms with van der Waals surface area (Å²) in [5.74, 6) is 6.74. The summed E-state index contributed by atoms with van der Waals surface area (Å²) < 4.78 is 10.1. The number of carbonyl (C=O) groups excluding carboxylic acids is 2. The van der Waals surface area contributed by atoms with Crippen LogP contribution in [-0.4, -0.2) is 25.2 Å². The first-order chi connectivity index (χ1) is 23.5. The molecular formula is C45H78O4. The minimum atomic E-state index is -0.158. The summed E-state index contributed by atoms with van der Waals surface area (Å²) in [6, 6.07) is 0. The average Bonchev–Trinajstić information content (AvgIpc) is 3.09. The Morgan fingerprint density at radius 2 is 0.939 bits per heavy atom. The van der Waals surface area contributed by atoms with Crippen molar-refractivity contribution in [2.45, 2.75) is 163 Å². The lowest BCUT2D eigenvalue weighted by Crippen LogP contribution is -2.19. The van der Waals surface area contributed by atoms with E-state index in [9.17, 15) is 9.59 Å². The van der Waals surface area contributed by atoms with E-state index in [-0.39, 0.29) is 11.9 Å². The highest BCUT2D eigenvalue weighted by Crippen LogP contribution is 2.38. The Labute approximate surface area is 304 Å². The molecule has 0 unspecified atom stereocenters. The number of hydrogen-bond acceptors (Lipinski definition) is 4. The van der Waals surface area contributed by atoms with E-state index in [2.05, 4.69) is 40.2 Å². The predicted molar refractivity (Wildman–Crippen MR) is 210 cm³/mol. The van der Waals surface area contributed by atoms with Crippen LogP contribution >= 0.6 is 0 Å². The maximum Gasteiger partial charge on any atom is 0.302 e. The Morgan fingerprint density at radius 3 is 1.29 bits per heavy atom. The molecule has 4 rings (SSSR count). The van der Waals surface area contributed by atoms with Gasteiger partial charge in [0.2, 0.25) is 0 Å². The zero-order valence-corrected chi connectivity index (χ0v) is 32.9. The Kier molecular flexibility index (Phi) is 25.3. The topological polar surface area (TPSA) is 52.6 Å². The summed E-state index contributed by atoms with van der Waals surface area (Å²) in [6.07, 6.45) is 32.6. The van der Waals surface area contributed by atoms with Gasteiger partial charge in [-0.3, -0.25) is 9.59 Å². The number of esters is 2. The van der Waals surface area contributed by atoms with E-state index in [1.807, 2.05) is 19.1 Å². The van der Waals surface area contributed by atoms with Crippen molar-refractivity contribution >= 4 is 11.9 Å². The molecule has 4 aliphatic carbocycles. The zero-order valence-electron chi connectivity index (χ0n) is 32.9. The number of hydrogen-bond donors (Lipinski definition) is 0. The van der Waals surface area contributed by atoms with Crippen molar-refractivity contribution < 1.29 is 19.1 Å². The van der Waals surface area contributed by atoms with Gasteiger partial charge in [0.1, 0.15) is 0 Å². The summed E-state index contributed by atoms with van der Waals surface area (Å²) in [4.78, 5) is 21.3. The second-order valence-corrected chi connectivity index (χ2v) is 16.2. The van der Waals surface area contributed by atoms with Crippen LogP contribution in [0.25, 0.3) is 0 Å². The molecule has 4 saturated carbocycles. The quantitative estimate of drug-likeness (QED) is 0.117. The lowest BCUT2D eigenvalue weighted by molar-refractivity contribution is -0.143. The van der Waals surface area contributed by atoms with E-state index in [1.54, 1.807) is 12.5 Å². The molecule has 0 aromatic heterocycles. The van der Waals surface area contributed by atoms with Crippen molar-refractivity contribution in [3.8, 4) is 0 Å². The summed E-state index contributed by atoms with van der Waals surface area (Å²) in [5, 5.41) is 0. The molecule has 0 aromatic carbocycles. The highest BCUT2D eigenvalue weighted by atomic mass is 16.5. The third-order valence-corrected chi connectivity index (χ3v) is 11.6. The van der Waals surface area contributed by atoms with Crippen LogP contribution in [0.5, 0.6) is 0 Å². The molecule has 0 atom stereocenters. The number of rotatable bonds is 12. The Morgan fingerprint density at radius 1 is 0.592 bits per heavy atom. The molecule has 4 fully saturated rings. The van der Waals surface area contributed by atoms with Crippen LogP contribution in [0.3, 0.4) is 0 Å². The molecule has 0 spiro atoms. The zero-order chi connectivity index (χ0) is 36.4. The highest BCUT2D eigenvalue weighted by Gasteiger charge is 2.25. The van der Waals surface area contributed by atoms with Crippen LogP contribution in [-0.2, 0) is 19.1 Å². The smallest absolute Gasteiger partial charge is 0.302 e. The lowest BCUT2D eigenvalue weighted by Gasteiger charge is -2.32. The minimum absolute atomic E-state index is 0.154. The second kappa shape index (κ2) is 27.6. The molecule has 4 aliphatic rings. The normalized spacial score (nSPS) is 29.4. The van der Waals surface area contributed by atoms with Crippen LogP contribution in [0.2, 0.25) is 0 Å². The van der Waals surface area contributed by atoms with Crippen LogP contribution in [0.4, 0.5) is 0 Å². The van der Waals surface area contributed by atoms with Crippen molar-refractivity contribution in [3.05, 3.63) is 50.1 Å². The number of ether oxygens (including phenoxy) is 2. The third kappa shape index (κ3) is 23.1. The summed E-state index contributed by atoms with van der Waals surface area (Å²) >= 11 is 0. The van der Waals surface area contributed by atoms with Gasteiger partial charge in [-0.25, -0.2) is 0 Å². The standard InChI is InChI=1S/C15H24O2.C15H28.C12H20O2.C3H6/c1-4-12(2)5-6-14-7-9-15(10-8-14)11-17-13(3)16;1-12-3-7-14(8-4-12)11-15-9-5-13(2)6-10-15;1-3-4-11-5-7-12(8-6-11)9-14-10(2)13;1-3-2/h4,14-15H,1-2,5-11H2,3H3;12-15H,3-11H2,1-2H3;3,11-12H,1,4-9H2,2H3;3H,1H2,2H3. The first-order valence-corrected chi connectivity index (χ1v) is 20.2. The van der Waals surface area contributed by atoms with Crippen LogP contribution in [0, 0.1) is 47.3 Å². The van der Waals surface area contributed by atoms with Gasteiger partial charge < -0.3 is 9.47 Å². The van der Waals surface area contributed by atoms with Gasteiger partial charge in [0.25, 0.3) is 0 Å². The van der Waals surface area contributed by atoms with Gasteiger partial charge >= 0.3 is 11.9 Å². The van der Waals surface area contributed by atoms with Crippen molar-refractivity contribution in [1.29, 1.82) is 0 Å². The minimum Gasteiger partial charge on any atom is -0.466 e. The SMILES string of the molecule is C=CC.C=CC(=C)CCC1CCC(COC(C)=O)CC1.C=CCC1CCC(COC(C)=O)CC1.CC1CCC(CC2CCC(C)CC2)CC1.